The van der Waals surface area contributed by atoms with Gasteiger partial charge < -0.3 is 19.9 Å². The van der Waals surface area contributed by atoms with Crippen molar-refractivity contribution in [1.82, 2.24) is 9.80 Å². The molecule has 1 spiro atoms. The molecule has 0 atom stereocenters. The minimum Gasteiger partial charge on any atom is -0.495 e. The number of hydrogen-bond donors (Lipinski definition) is 1. The van der Waals surface area contributed by atoms with Gasteiger partial charge in [-0.1, -0.05) is 18.2 Å². The van der Waals surface area contributed by atoms with Crippen molar-refractivity contribution >= 4 is 34.7 Å². The van der Waals surface area contributed by atoms with E-state index in [-0.39, 0.29) is 23.1 Å². The number of rotatable bonds is 7. The summed E-state index contributed by atoms with van der Waals surface area (Å²) in [5, 5.41) is 4.85. The normalized spacial score (nSPS) is 17.2. The Balaban J connectivity index is 1.22. The van der Waals surface area contributed by atoms with E-state index in [1.54, 1.807) is 7.11 Å². The molecule has 2 aliphatic rings. The highest BCUT2D eigenvalue weighted by atomic mass is 32.1. The molecule has 8 heteroatoms. The molecular formula is C25H31N3O4S. The van der Waals surface area contributed by atoms with Gasteiger partial charge in [-0.15, -0.1) is 11.3 Å². The number of methoxy groups -OCH3 is 1. The van der Waals surface area contributed by atoms with Gasteiger partial charge in [-0.3, -0.25) is 9.59 Å². The monoisotopic (exact) mass is 469 g/mol. The van der Waals surface area contributed by atoms with Crippen LogP contribution in [0.5, 0.6) is 5.75 Å². The van der Waals surface area contributed by atoms with Gasteiger partial charge >= 0.3 is 6.03 Å². The number of nitrogens with zero attached hydrogens (tertiary/aromatic N) is 2. The lowest BCUT2D eigenvalue weighted by Crippen LogP contribution is -2.46. The molecule has 2 fully saturated rings. The Kier molecular flexibility index (Phi) is 7.33. The average molecular weight is 470 g/mol. The highest BCUT2D eigenvalue weighted by Crippen LogP contribution is 2.40. The van der Waals surface area contributed by atoms with Gasteiger partial charge in [0.15, 0.2) is 5.78 Å². The number of piperidine rings is 1. The number of hydrogen-bond acceptors (Lipinski definition) is 5. The predicted molar refractivity (Wildman–Crippen MR) is 129 cm³/mol. The second-order valence-electron chi connectivity index (χ2n) is 8.94. The molecule has 176 valence electrons. The Morgan fingerprint density at radius 3 is 2.42 bits per heavy atom. The number of ketones is 1. The minimum atomic E-state index is -0.115. The first-order valence-corrected chi connectivity index (χ1v) is 12.4. The summed E-state index contributed by atoms with van der Waals surface area (Å²) in [6.45, 7) is 2.88. The van der Waals surface area contributed by atoms with Crippen LogP contribution in [0.3, 0.4) is 0 Å². The summed E-state index contributed by atoms with van der Waals surface area (Å²) in [4.78, 5) is 42.1. The minimum absolute atomic E-state index is 0.101. The Morgan fingerprint density at radius 1 is 1.00 bits per heavy atom. The van der Waals surface area contributed by atoms with Crippen LogP contribution in [0.15, 0.2) is 41.8 Å². The number of benzene rings is 1. The van der Waals surface area contributed by atoms with Gasteiger partial charge in [0, 0.05) is 39.0 Å². The molecule has 3 heterocycles. The van der Waals surface area contributed by atoms with Crippen LogP contribution < -0.4 is 10.1 Å². The number of likely N-dealkylation sites (tertiary alicyclic amines) is 2. The first-order valence-electron chi connectivity index (χ1n) is 11.5. The first-order chi connectivity index (χ1) is 16.0. The molecule has 0 aliphatic carbocycles. The average Bonchev–Trinajstić information content (AvgIpc) is 3.51. The first kappa shape index (κ1) is 23.3. The summed E-state index contributed by atoms with van der Waals surface area (Å²) in [7, 11) is 1.59. The van der Waals surface area contributed by atoms with Crippen molar-refractivity contribution < 1.29 is 19.1 Å². The van der Waals surface area contributed by atoms with Crippen molar-refractivity contribution in [2.24, 2.45) is 5.41 Å². The largest absolute Gasteiger partial charge is 0.495 e. The number of Topliss-reactive ketones (excluding diaryl/α,β-unsaturated/α-hetero) is 1. The maximum atomic E-state index is 12.7. The number of ether oxygens (including phenoxy) is 1. The molecular weight excluding hydrogens is 438 g/mol. The molecule has 3 amide bonds. The third-order valence-corrected chi connectivity index (χ3v) is 7.75. The van der Waals surface area contributed by atoms with Crippen molar-refractivity contribution in [3.05, 3.63) is 46.7 Å². The summed E-state index contributed by atoms with van der Waals surface area (Å²) in [6.07, 6.45) is 4.20. The van der Waals surface area contributed by atoms with Gasteiger partial charge in [0.2, 0.25) is 5.91 Å². The van der Waals surface area contributed by atoms with Gasteiger partial charge in [-0.05, 0) is 54.7 Å². The molecule has 0 saturated carbocycles. The topological polar surface area (TPSA) is 79.0 Å². The SMILES string of the molecule is COc1ccccc1NC(=O)N1CCC2(CCN(C(=O)CCCC(=O)c3cccs3)C2)CC1. The quantitative estimate of drug-likeness (QED) is 0.599. The lowest BCUT2D eigenvalue weighted by molar-refractivity contribution is -0.130. The molecule has 2 aromatic rings. The Hall–Kier alpha value is -2.87. The number of thiophene rings is 1. The summed E-state index contributed by atoms with van der Waals surface area (Å²) in [6, 6.07) is 11.0. The van der Waals surface area contributed by atoms with Crippen molar-refractivity contribution in [2.45, 2.75) is 38.5 Å². The molecule has 7 nitrogen and oxygen atoms in total. The van der Waals surface area contributed by atoms with Crippen LogP contribution in [0.1, 0.15) is 48.2 Å². The van der Waals surface area contributed by atoms with Crippen molar-refractivity contribution in [3.63, 3.8) is 0 Å². The van der Waals surface area contributed by atoms with E-state index in [9.17, 15) is 14.4 Å². The van der Waals surface area contributed by atoms with Crippen LogP contribution >= 0.6 is 11.3 Å². The Morgan fingerprint density at radius 2 is 1.73 bits per heavy atom. The summed E-state index contributed by atoms with van der Waals surface area (Å²) >= 11 is 1.45. The van der Waals surface area contributed by atoms with Gasteiger partial charge in [0.25, 0.3) is 0 Å². The zero-order valence-electron chi connectivity index (χ0n) is 19.0. The number of para-hydroxylation sites is 2. The van der Waals surface area contributed by atoms with E-state index in [4.69, 9.17) is 4.74 Å². The van der Waals surface area contributed by atoms with Gasteiger partial charge in [0.05, 0.1) is 17.7 Å². The second kappa shape index (κ2) is 10.4. The highest BCUT2D eigenvalue weighted by Gasteiger charge is 2.42. The Bertz CT molecular complexity index is 983. The molecule has 1 aromatic heterocycles. The van der Waals surface area contributed by atoms with Gasteiger partial charge in [0.1, 0.15) is 5.75 Å². The number of anilines is 1. The van der Waals surface area contributed by atoms with E-state index in [0.717, 1.165) is 37.2 Å². The second-order valence-corrected chi connectivity index (χ2v) is 9.88. The summed E-state index contributed by atoms with van der Waals surface area (Å²) < 4.78 is 5.31. The van der Waals surface area contributed by atoms with Crippen molar-refractivity contribution in [1.29, 1.82) is 0 Å². The molecule has 4 rings (SSSR count). The lowest BCUT2D eigenvalue weighted by atomic mass is 9.78. The number of nitrogens with one attached hydrogen (secondary N) is 1. The van der Waals surface area contributed by atoms with Gasteiger partial charge in [-0.2, -0.15) is 0 Å². The maximum absolute atomic E-state index is 12.7. The zero-order chi connectivity index (χ0) is 23.3. The molecule has 0 bridgehead atoms. The Labute approximate surface area is 198 Å². The molecule has 1 aromatic carbocycles. The highest BCUT2D eigenvalue weighted by molar-refractivity contribution is 7.12. The molecule has 2 saturated heterocycles. The van der Waals surface area contributed by atoms with Crippen LogP contribution in [0.4, 0.5) is 10.5 Å². The van der Waals surface area contributed by atoms with E-state index >= 15 is 0 Å². The van der Waals surface area contributed by atoms with Crippen LogP contribution in [0.2, 0.25) is 0 Å². The summed E-state index contributed by atoms with van der Waals surface area (Å²) in [5.74, 6) is 0.901. The van der Waals surface area contributed by atoms with Crippen LogP contribution in [0, 0.1) is 5.41 Å². The standard InChI is InChI=1S/C25H31N3O4S/c1-32-21-8-3-2-6-19(21)26-24(31)27-14-11-25(12-15-27)13-16-28(18-25)23(30)10-4-7-20(29)22-9-5-17-33-22/h2-3,5-6,8-9,17H,4,7,10-16,18H2,1H3,(H,26,31). The number of urea groups is 1. The molecule has 0 unspecified atom stereocenters. The van der Waals surface area contributed by atoms with Crippen molar-refractivity contribution in [3.8, 4) is 5.75 Å². The number of carbonyl (C=O) groups excluding carboxylic acids is 3. The summed E-state index contributed by atoms with van der Waals surface area (Å²) in [5.41, 5.74) is 0.768. The van der Waals surface area contributed by atoms with E-state index < -0.39 is 0 Å². The van der Waals surface area contributed by atoms with Crippen LogP contribution in [-0.4, -0.2) is 60.8 Å². The lowest BCUT2D eigenvalue weighted by Gasteiger charge is -2.39. The number of amides is 3. The zero-order valence-corrected chi connectivity index (χ0v) is 19.9. The predicted octanol–water partition coefficient (Wildman–Crippen LogP) is 4.66. The van der Waals surface area contributed by atoms with E-state index in [0.29, 0.717) is 43.8 Å². The fourth-order valence-electron chi connectivity index (χ4n) is 4.80. The molecule has 33 heavy (non-hydrogen) atoms. The number of carbonyl (C=O) groups is 3. The van der Waals surface area contributed by atoms with Crippen molar-refractivity contribution in [2.75, 3.05) is 38.6 Å². The molecule has 1 N–H and O–H groups in total. The smallest absolute Gasteiger partial charge is 0.321 e. The van der Waals surface area contributed by atoms with E-state index in [1.165, 1.54) is 11.3 Å². The third-order valence-electron chi connectivity index (χ3n) is 6.84. The van der Waals surface area contributed by atoms with Gasteiger partial charge in [-0.25, -0.2) is 4.79 Å². The van der Waals surface area contributed by atoms with Crippen LogP contribution in [0.25, 0.3) is 0 Å². The van der Waals surface area contributed by atoms with E-state index in [2.05, 4.69) is 5.32 Å². The van der Waals surface area contributed by atoms with Crippen LogP contribution in [-0.2, 0) is 4.79 Å². The van der Waals surface area contributed by atoms with E-state index in [1.807, 2.05) is 51.6 Å². The molecule has 0 radical (unpaired) electrons. The third kappa shape index (κ3) is 5.55. The maximum Gasteiger partial charge on any atom is 0.321 e. The fourth-order valence-corrected chi connectivity index (χ4v) is 5.50. The molecule has 2 aliphatic heterocycles. The fraction of sp³-hybridized carbons (Fsp3) is 0.480.